The number of rotatable bonds is 9. The highest BCUT2D eigenvalue weighted by Crippen LogP contribution is 2.31. The second-order valence-electron chi connectivity index (χ2n) is 6.54. The molecule has 0 atom stereocenters. The third-order valence-electron chi connectivity index (χ3n) is 4.65. The van der Waals surface area contributed by atoms with E-state index in [1.165, 1.54) is 11.3 Å². The first kappa shape index (κ1) is 26.2. The number of aromatic nitrogens is 1. The number of halogens is 4. The second kappa shape index (κ2) is 12.2. The highest BCUT2D eigenvalue weighted by Gasteiger charge is 2.21. The Morgan fingerprint density at radius 1 is 1.13 bits per heavy atom. The second-order valence-corrected chi connectivity index (χ2v) is 9.31. The molecule has 0 unspecified atom stereocenters. The van der Waals surface area contributed by atoms with Crippen LogP contribution in [-0.4, -0.2) is 48.6 Å². The minimum atomic E-state index is -0.175. The molecule has 0 aliphatic rings. The monoisotopic (exact) mass is 565 g/mol. The lowest BCUT2D eigenvalue weighted by atomic mass is 10.3. The van der Waals surface area contributed by atoms with Gasteiger partial charge in [0.05, 0.1) is 15.2 Å². The van der Waals surface area contributed by atoms with E-state index >= 15 is 0 Å². The first-order valence-corrected chi connectivity index (χ1v) is 11.9. The quantitative estimate of drug-likeness (QED) is 0.295. The van der Waals surface area contributed by atoms with Crippen LogP contribution >= 0.6 is 62.9 Å². The Labute approximate surface area is 210 Å². The number of hydrogen-bond donors (Lipinski definition) is 0. The van der Waals surface area contributed by atoms with Crippen molar-refractivity contribution in [3.63, 3.8) is 0 Å². The van der Waals surface area contributed by atoms with Gasteiger partial charge in [0.15, 0.2) is 11.7 Å². The first-order valence-electron chi connectivity index (χ1n) is 9.58. The normalized spacial score (nSPS) is 10.9. The Morgan fingerprint density at radius 2 is 1.87 bits per heavy atom. The minimum Gasteiger partial charge on any atom is -0.482 e. The SMILES string of the molecule is CCN(CC)CCN(C(=O)COc1ccc(Cl)cc1Cl)c1nc2ccc(Br)cc2s1.Cl. The first-order chi connectivity index (χ1) is 14.4. The molecule has 0 spiro atoms. The number of benzene rings is 2. The van der Waals surface area contributed by atoms with Crippen LogP contribution in [0.15, 0.2) is 40.9 Å². The summed E-state index contributed by atoms with van der Waals surface area (Å²) in [4.78, 5) is 21.7. The Hall–Kier alpha value is -1.09. The van der Waals surface area contributed by atoms with Crippen molar-refractivity contribution < 1.29 is 9.53 Å². The zero-order valence-electron chi connectivity index (χ0n) is 17.1. The average Bonchev–Trinajstić information content (AvgIpc) is 3.13. The van der Waals surface area contributed by atoms with Gasteiger partial charge in [-0.05, 0) is 49.5 Å². The summed E-state index contributed by atoms with van der Waals surface area (Å²) in [6.07, 6.45) is 0. The molecule has 31 heavy (non-hydrogen) atoms. The molecule has 0 aliphatic carbocycles. The number of fused-ring (bicyclic) bond motifs is 1. The highest BCUT2D eigenvalue weighted by atomic mass is 79.9. The topological polar surface area (TPSA) is 45.7 Å². The molecule has 0 radical (unpaired) electrons. The van der Waals surface area contributed by atoms with Crippen LogP contribution in [0.3, 0.4) is 0 Å². The lowest BCUT2D eigenvalue weighted by molar-refractivity contribution is -0.120. The summed E-state index contributed by atoms with van der Waals surface area (Å²) in [5.41, 5.74) is 0.862. The van der Waals surface area contributed by atoms with Crippen molar-refractivity contribution in [3.8, 4) is 5.75 Å². The number of nitrogens with zero attached hydrogens (tertiary/aromatic N) is 3. The molecule has 0 saturated carbocycles. The third kappa shape index (κ3) is 6.94. The number of hydrogen-bond acceptors (Lipinski definition) is 5. The predicted molar refractivity (Wildman–Crippen MR) is 137 cm³/mol. The van der Waals surface area contributed by atoms with Gasteiger partial charge in [-0.3, -0.25) is 9.69 Å². The van der Waals surface area contributed by atoms with Crippen molar-refractivity contribution in [2.75, 3.05) is 37.7 Å². The summed E-state index contributed by atoms with van der Waals surface area (Å²) in [7, 11) is 0. The van der Waals surface area contributed by atoms with E-state index in [-0.39, 0.29) is 24.9 Å². The molecule has 5 nitrogen and oxygen atoms in total. The van der Waals surface area contributed by atoms with Gasteiger partial charge in [-0.25, -0.2) is 4.98 Å². The number of carbonyl (C=O) groups excluding carboxylic acids is 1. The molecule has 0 bridgehead atoms. The van der Waals surface area contributed by atoms with E-state index < -0.39 is 0 Å². The van der Waals surface area contributed by atoms with Gasteiger partial charge in [0.1, 0.15) is 5.75 Å². The van der Waals surface area contributed by atoms with Crippen LogP contribution in [0.2, 0.25) is 10.0 Å². The van der Waals surface area contributed by atoms with Gasteiger partial charge in [0.25, 0.3) is 5.91 Å². The zero-order valence-corrected chi connectivity index (χ0v) is 21.8. The van der Waals surface area contributed by atoms with Crippen LogP contribution < -0.4 is 9.64 Å². The molecule has 1 heterocycles. The van der Waals surface area contributed by atoms with Crippen molar-refractivity contribution in [1.29, 1.82) is 0 Å². The largest absolute Gasteiger partial charge is 0.482 e. The van der Waals surface area contributed by atoms with Crippen LogP contribution in [0, 0.1) is 0 Å². The van der Waals surface area contributed by atoms with E-state index in [1.54, 1.807) is 23.1 Å². The van der Waals surface area contributed by atoms with Crippen molar-refractivity contribution >= 4 is 84.1 Å². The van der Waals surface area contributed by atoms with Gasteiger partial charge in [0.2, 0.25) is 0 Å². The molecule has 168 valence electrons. The van der Waals surface area contributed by atoms with E-state index in [4.69, 9.17) is 27.9 Å². The maximum absolute atomic E-state index is 13.1. The molecule has 10 heteroatoms. The highest BCUT2D eigenvalue weighted by molar-refractivity contribution is 9.10. The lowest BCUT2D eigenvalue weighted by Crippen LogP contribution is -2.41. The van der Waals surface area contributed by atoms with E-state index in [9.17, 15) is 4.79 Å². The summed E-state index contributed by atoms with van der Waals surface area (Å²) >= 11 is 17.1. The van der Waals surface area contributed by atoms with Crippen LogP contribution in [0.4, 0.5) is 5.13 Å². The maximum atomic E-state index is 13.1. The van der Waals surface area contributed by atoms with Gasteiger partial charge < -0.3 is 9.64 Å². The van der Waals surface area contributed by atoms with E-state index in [1.807, 2.05) is 18.2 Å². The van der Waals surface area contributed by atoms with E-state index in [0.717, 1.165) is 34.3 Å². The molecule has 2 aromatic carbocycles. The number of carbonyl (C=O) groups is 1. The third-order valence-corrected chi connectivity index (χ3v) is 6.72. The van der Waals surface area contributed by atoms with Gasteiger partial charge >= 0.3 is 0 Å². The molecular formula is C21H23BrCl3N3O2S. The Bertz CT molecular complexity index is 1030. The number of likely N-dealkylation sites (N-methyl/N-ethyl adjacent to an activating group) is 1. The molecule has 1 aromatic heterocycles. The van der Waals surface area contributed by atoms with Crippen LogP contribution in [-0.2, 0) is 4.79 Å². The summed E-state index contributed by atoms with van der Waals surface area (Å²) < 4.78 is 7.68. The molecule has 0 N–H and O–H groups in total. The van der Waals surface area contributed by atoms with Gasteiger partial charge in [0, 0.05) is 22.6 Å². The minimum absolute atomic E-state index is 0. The predicted octanol–water partition coefficient (Wildman–Crippen LogP) is 6.54. The fourth-order valence-corrected chi connectivity index (χ4v) is 4.94. The Balaban J connectivity index is 0.00000341. The fraction of sp³-hybridized carbons (Fsp3) is 0.333. The summed E-state index contributed by atoms with van der Waals surface area (Å²) in [6.45, 7) is 7.19. The summed E-state index contributed by atoms with van der Waals surface area (Å²) in [5.74, 6) is 0.248. The van der Waals surface area contributed by atoms with Crippen molar-refractivity contribution in [2.45, 2.75) is 13.8 Å². The zero-order chi connectivity index (χ0) is 21.7. The number of ether oxygens (including phenoxy) is 1. The summed E-state index contributed by atoms with van der Waals surface area (Å²) in [5, 5.41) is 1.54. The summed E-state index contributed by atoms with van der Waals surface area (Å²) in [6, 6.07) is 10.8. The van der Waals surface area contributed by atoms with Gasteiger partial charge in [-0.1, -0.05) is 64.3 Å². The van der Waals surface area contributed by atoms with Crippen LogP contribution in [0.1, 0.15) is 13.8 Å². The van der Waals surface area contributed by atoms with E-state index in [0.29, 0.717) is 27.5 Å². The standard InChI is InChI=1S/C21H22BrCl2N3O2S.ClH/c1-3-26(4-2)9-10-27(21-25-17-7-5-14(22)11-19(17)30-21)20(28)13-29-18-8-6-15(23)12-16(18)24;/h5-8,11-12H,3-4,9-10,13H2,1-2H3;1H. The van der Waals surface area contributed by atoms with Crippen molar-refractivity contribution in [3.05, 3.63) is 50.9 Å². The average molecular weight is 568 g/mol. The fourth-order valence-electron chi connectivity index (χ4n) is 2.92. The molecular weight excluding hydrogens is 545 g/mol. The molecule has 1 amide bonds. The van der Waals surface area contributed by atoms with E-state index in [2.05, 4.69) is 39.7 Å². The smallest absolute Gasteiger partial charge is 0.266 e. The molecule has 3 rings (SSSR count). The van der Waals surface area contributed by atoms with Crippen molar-refractivity contribution in [1.82, 2.24) is 9.88 Å². The van der Waals surface area contributed by atoms with Gasteiger partial charge in [-0.2, -0.15) is 0 Å². The molecule has 3 aromatic rings. The van der Waals surface area contributed by atoms with Crippen LogP contribution in [0.5, 0.6) is 5.75 Å². The molecule has 0 aliphatic heterocycles. The van der Waals surface area contributed by atoms with Crippen LogP contribution in [0.25, 0.3) is 10.2 Å². The lowest BCUT2D eigenvalue weighted by Gasteiger charge is -2.24. The number of thiazole rings is 1. The number of anilines is 1. The molecule has 0 saturated heterocycles. The Kier molecular flexibility index (Phi) is 10.3. The molecule has 0 fully saturated rings. The van der Waals surface area contributed by atoms with Crippen molar-refractivity contribution in [2.24, 2.45) is 0 Å². The Morgan fingerprint density at radius 3 is 2.55 bits per heavy atom. The van der Waals surface area contributed by atoms with Gasteiger partial charge in [-0.15, -0.1) is 12.4 Å². The number of amides is 1. The maximum Gasteiger partial charge on any atom is 0.266 e.